The predicted molar refractivity (Wildman–Crippen MR) is 87.5 cm³/mol. The maximum Gasteiger partial charge on any atom is 0.229 e. The van der Waals surface area contributed by atoms with E-state index in [0.717, 1.165) is 31.2 Å². The molecule has 1 aromatic carbocycles. The summed E-state index contributed by atoms with van der Waals surface area (Å²) in [5.74, 6) is 0.244. The number of carbonyl (C=O) groups excluding carboxylic acids is 1. The van der Waals surface area contributed by atoms with E-state index in [1.165, 1.54) is 0 Å². The van der Waals surface area contributed by atoms with Crippen molar-refractivity contribution in [3.05, 3.63) is 48.0 Å². The number of rotatable bonds is 4. The number of nitrogens with zero attached hydrogens (tertiary/aromatic N) is 2. The van der Waals surface area contributed by atoms with Crippen molar-refractivity contribution in [3.8, 4) is 6.07 Å². The molecule has 1 heterocycles. The Balaban J connectivity index is 1.74. The summed E-state index contributed by atoms with van der Waals surface area (Å²) in [5, 5.41) is 9.04. The maximum atomic E-state index is 13.0. The topological polar surface area (TPSA) is 53.3 Å². The fourth-order valence-electron chi connectivity index (χ4n) is 3.56. The van der Waals surface area contributed by atoms with Crippen molar-refractivity contribution in [2.24, 2.45) is 5.41 Å². The standard InChI is InChI=1S/C19H22N2O2/c1-2-7-19(8-4-9-19)18(22)21-10-11-23-17(14-21)16-6-3-5-15(12-16)13-20/h2-3,5-6,12,17H,1,4,7-11,14H2. The van der Waals surface area contributed by atoms with Crippen molar-refractivity contribution in [2.45, 2.75) is 31.8 Å². The van der Waals surface area contributed by atoms with Crippen molar-refractivity contribution in [1.29, 1.82) is 5.26 Å². The number of ether oxygens (including phenoxy) is 1. The molecule has 120 valence electrons. The quantitative estimate of drug-likeness (QED) is 0.802. The van der Waals surface area contributed by atoms with Gasteiger partial charge in [-0.05, 0) is 37.0 Å². The van der Waals surface area contributed by atoms with Crippen LogP contribution in [0.3, 0.4) is 0 Å². The number of amides is 1. The zero-order chi connectivity index (χ0) is 16.3. The zero-order valence-electron chi connectivity index (χ0n) is 13.3. The highest BCUT2D eigenvalue weighted by molar-refractivity contribution is 5.84. The lowest BCUT2D eigenvalue weighted by molar-refractivity contribution is -0.155. The van der Waals surface area contributed by atoms with Gasteiger partial charge in [0.1, 0.15) is 6.10 Å². The van der Waals surface area contributed by atoms with Crippen molar-refractivity contribution >= 4 is 5.91 Å². The van der Waals surface area contributed by atoms with Crippen LogP contribution in [0.25, 0.3) is 0 Å². The summed E-state index contributed by atoms with van der Waals surface area (Å²) >= 11 is 0. The molecule has 4 heteroatoms. The lowest BCUT2D eigenvalue weighted by Crippen LogP contribution is -2.51. The largest absolute Gasteiger partial charge is 0.370 e. The van der Waals surface area contributed by atoms with Gasteiger partial charge in [0, 0.05) is 6.54 Å². The summed E-state index contributed by atoms with van der Waals surface area (Å²) < 4.78 is 5.84. The Morgan fingerprint density at radius 1 is 1.52 bits per heavy atom. The second-order valence-corrected chi connectivity index (χ2v) is 6.47. The van der Waals surface area contributed by atoms with E-state index in [2.05, 4.69) is 12.6 Å². The van der Waals surface area contributed by atoms with Gasteiger partial charge < -0.3 is 9.64 Å². The predicted octanol–water partition coefficient (Wildman–Crippen LogP) is 3.20. The van der Waals surface area contributed by atoms with Crippen LogP contribution < -0.4 is 0 Å². The van der Waals surface area contributed by atoms with Gasteiger partial charge >= 0.3 is 0 Å². The SMILES string of the molecule is C=CCC1(C(=O)N2CCOC(c3cccc(C#N)c3)C2)CCC1. The van der Waals surface area contributed by atoms with E-state index in [-0.39, 0.29) is 17.4 Å². The Morgan fingerprint density at radius 2 is 2.35 bits per heavy atom. The van der Waals surface area contributed by atoms with Crippen LogP contribution in [0.4, 0.5) is 0 Å². The smallest absolute Gasteiger partial charge is 0.229 e. The second-order valence-electron chi connectivity index (χ2n) is 6.47. The summed E-state index contributed by atoms with van der Waals surface area (Å²) in [5.41, 5.74) is 1.36. The monoisotopic (exact) mass is 310 g/mol. The molecule has 3 rings (SSSR count). The minimum absolute atomic E-state index is 0.151. The first kappa shape index (κ1) is 15.8. The molecule has 23 heavy (non-hydrogen) atoms. The molecule has 1 aromatic rings. The third-order valence-corrected chi connectivity index (χ3v) is 5.04. The van der Waals surface area contributed by atoms with Crippen molar-refractivity contribution < 1.29 is 9.53 Å². The Morgan fingerprint density at radius 3 is 3.00 bits per heavy atom. The van der Waals surface area contributed by atoms with Gasteiger partial charge in [-0.15, -0.1) is 6.58 Å². The Labute approximate surface area is 137 Å². The fourth-order valence-corrected chi connectivity index (χ4v) is 3.56. The molecule has 1 atom stereocenters. The van der Waals surface area contributed by atoms with Crippen molar-refractivity contribution in [3.63, 3.8) is 0 Å². The number of allylic oxidation sites excluding steroid dienone is 1. The molecular weight excluding hydrogens is 288 g/mol. The molecule has 1 unspecified atom stereocenters. The molecule has 1 aliphatic carbocycles. The summed E-state index contributed by atoms with van der Waals surface area (Å²) in [6.45, 7) is 5.56. The van der Waals surface area contributed by atoms with Crippen LogP contribution in [0.2, 0.25) is 0 Å². The van der Waals surface area contributed by atoms with E-state index in [1.54, 1.807) is 6.07 Å². The second kappa shape index (κ2) is 6.55. The normalized spacial score (nSPS) is 22.7. The van der Waals surface area contributed by atoms with Crippen LogP contribution in [-0.2, 0) is 9.53 Å². The summed E-state index contributed by atoms with van der Waals surface area (Å²) in [7, 11) is 0. The first-order valence-corrected chi connectivity index (χ1v) is 8.20. The first-order chi connectivity index (χ1) is 11.2. The molecule has 2 fully saturated rings. The van der Waals surface area contributed by atoms with Crippen LogP contribution in [0.15, 0.2) is 36.9 Å². The van der Waals surface area contributed by atoms with Gasteiger partial charge in [0.05, 0.1) is 30.2 Å². The molecular formula is C19H22N2O2. The molecule has 1 amide bonds. The number of nitriles is 1. The fraction of sp³-hybridized carbons (Fsp3) is 0.474. The average Bonchev–Trinajstić information content (AvgIpc) is 2.57. The highest BCUT2D eigenvalue weighted by atomic mass is 16.5. The number of carbonyl (C=O) groups is 1. The van der Waals surface area contributed by atoms with E-state index in [1.807, 2.05) is 29.2 Å². The molecule has 1 aliphatic heterocycles. The number of hydrogen-bond donors (Lipinski definition) is 0. The minimum Gasteiger partial charge on any atom is -0.370 e. The third-order valence-electron chi connectivity index (χ3n) is 5.04. The van der Waals surface area contributed by atoms with Crippen molar-refractivity contribution in [2.75, 3.05) is 19.7 Å². The molecule has 2 aliphatic rings. The molecule has 0 spiro atoms. The van der Waals surface area contributed by atoms with Crippen LogP contribution in [0.5, 0.6) is 0 Å². The minimum atomic E-state index is -0.224. The third kappa shape index (κ3) is 3.02. The maximum absolute atomic E-state index is 13.0. The zero-order valence-corrected chi connectivity index (χ0v) is 13.3. The molecule has 0 aromatic heterocycles. The van der Waals surface area contributed by atoms with E-state index < -0.39 is 0 Å². The molecule has 4 nitrogen and oxygen atoms in total. The lowest BCUT2D eigenvalue weighted by Gasteiger charge is -2.45. The van der Waals surface area contributed by atoms with Crippen LogP contribution in [0.1, 0.15) is 42.9 Å². The highest BCUT2D eigenvalue weighted by Crippen LogP contribution is 2.46. The van der Waals surface area contributed by atoms with Gasteiger partial charge in [0.15, 0.2) is 0 Å². The van der Waals surface area contributed by atoms with E-state index in [4.69, 9.17) is 10.00 Å². The van der Waals surface area contributed by atoms with Gasteiger partial charge in [-0.2, -0.15) is 5.26 Å². The van der Waals surface area contributed by atoms with E-state index in [0.29, 0.717) is 25.3 Å². The number of morpholine rings is 1. The molecule has 0 radical (unpaired) electrons. The van der Waals surface area contributed by atoms with Gasteiger partial charge in [0.2, 0.25) is 5.91 Å². The lowest BCUT2D eigenvalue weighted by atomic mass is 9.65. The van der Waals surface area contributed by atoms with Crippen molar-refractivity contribution in [1.82, 2.24) is 4.90 Å². The first-order valence-electron chi connectivity index (χ1n) is 8.20. The summed E-state index contributed by atoms with van der Waals surface area (Å²) in [4.78, 5) is 14.9. The Kier molecular flexibility index (Phi) is 4.49. The molecule has 0 bridgehead atoms. The van der Waals surface area contributed by atoms with Gasteiger partial charge in [-0.25, -0.2) is 0 Å². The van der Waals surface area contributed by atoms with Gasteiger partial charge in [-0.3, -0.25) is 4.79 Å². The highest BCUT2D eigenvalue weighted by Gasteiger charge is 2.46. The van der Waals surface area contributed by atoms with Crippen LogP contribution in [-0.4, -0.2) is 30.5 Å². The summed E-state index contributed by atoms with van der Waals surface area (Å²) in [6, 6.07) is 9.61. The summed E-state index contributed by atoms with van der Waals surface area (Å²) in [6.07, 6.45) is 5.52. The molecule has 1 saturated carbocycles. The van der Waals surface area contributed by atoms with Gasteiger partial charge in [-0.1, -0.05) is 24.6 Å². The molecule has 0 N–H and O–H groups in total. The van der Waals surface area contributed by atoms with Crippen LogP contribution in [0, 0.1) is 16.7 Å². The van der Waals surface area contributed by atoms with E-state index >= 15 is 0 Å². The number of hydrogen-bond acceptors (Lipinski definition) is 3. The van der Waals surface area contributed by atoms with Crippen LogP contribution >= 0.6 is 0 Å². The Hall–Kier alpha value is -2.12. The molecule has 1 saturated heterocycles. The average molecular weight is 310 g/mol. The van der Waals surface area contributed by atoms with Gasteiger partial charge in [0.25, 0.3) is 0 Å². The number of benzene rings is 1. The van der Waals surface area contributed by atoms with E-state index in [9.17, 15) is 4.79 Å². The Bertz CT molecular complexity index is 643.